The third-order valence-electron chi connectivity index (χ3n) is 3.67. The van der Waals surface area contributed by atoms with E-state index in [1.165, 1.54) is 33.7 Å². The first-order valence-corrected chi connectivity index (χ1v) is 6.44. The second-order valence-electron chi connectivity index (χ2n) is 4.63. The van der Waals surface area contributed by atoms with E-state index in [1.54, 1.807) is 0 Å². The molecule has 2 N–H and O–H groups in total. The van der Waals surface area contributed by atoms with Gasteiger partial charge in [0.1, 0.15) is 0 Å². The van der Waals surface area contributed by atoms with Crippen LogP contribution in [0.25, 0.3) is 10.8 Å². The molecule has 0 bridgehead atoms. The van der Waals surface area contributed by atoms with E-state index in [0.29, 0.717) is 0 Å². The van der Waals surface area contributed by atoms with E-state index in [4.69, 9.17) is 5.73 Å². The molecule has 0 spiro atoms. The highest BCUT2D eigenvalue weighted by atomic mass is 79.9. The van der Waals surface area contributed by atoms with E-state index in [-0.39, 0.29) is 5.41 Å². The Bertz CT molecular complexity index is 538. The summed E-state index contributed by atoms with van der Waals surface area (Å²) in [5, 5.41) is 2.64. The molecule has 2 aromatic carbocycles. The van der Waals surface area contributed by atoms with Crippen molar-refractivity contribution in [3.63, 3.8) is 0 Å². The van der Waals surface area contributed by atoms with Gasteiger partial charge < -0.3 is 5.73 Å². The molecule has 1 saturated carbocycles. The Balaban J connectivity index is 2.33. The van der Waals surface area contributed by atoms with Crippen LogP contribution in [0.1, 0.15) is 18.4 Å². The molecular formula is C14H14BrN. The molecular weight excluding hydrogens is 262 g/mol. The van der Waals surface area contributed by atoms with Crippen molar-refractivity contribution in [2.24, 2.45) is 5.73 Å². The number of benzene rings is 2. The van der Waals surface area contributed by atoms with Crippen molar-refractivity contribution in [2.75, 3.05) is 6.54 Å². The molecule has 3 rings (SSSR count). The fourth-order valence-corrected chi connectivity index (χ4v) is 3.07. The molecule has 0 heterocycles. The van der Waals surface area contributed by atoms with Crippen LogP contribution in [0.15, 0.2) is 40.9 Å². The highest BCUT2D eigenvalue weighted by Crippen LogP contribution is 2.50. The maximum absolute atomic E-state index is 5.93. The van der Waals surface area contributed by atoms with Crippen molar-refractivity contribution in [3.05, 3.63) is 46.4 Å². The lowest BCUT2D eigenvalue weighted by molar-refractivity contribution is 0.711. The predicted octanol–water partition coefficient (Wildman–Crippen LogP) is 3.59. The van der Waals surface area contributed by atoms with Crippen molar-refractivity contribution in [3.8, 4) is 0 Å². The highest BCUT2D eigenvalue weighted by molar-refractivity contribution is 9.10. The van der Waals surface area contributed by atoms with Gasteiger partial charge in [0.2, 0.25) is 0 Å². The third-order valence-corrected chi connectivity index (χ3v) is 4.33. The molecule has 82 valence electrons. The summed E-state index contributed by atoms with van der Waals surface area (Å²) in [6.07, 6.45) is 2.45. The number of rotatable bonds is 2. The van der Waals surface area contributed by atoms with Gasteiger partial charge in [-0.1, -0.05) is 46.3 Å². The smallest absolute Gasteiger partial charge is 0.0256 e. The lowest BCUT2D eigenvalue weighted by Gasteiger charge is -2.16. The summed E-state index contributed by atoms with van der Waals surface area (Å²) in [5.41, 5.74) is 7.60. The van der Waals surface area contributed by atoms with Crippen LogP contribution in [0.4, 0.5) is 0 Å². The number of fused-ring (bicyclic) bond motifs is 1. The highest BCUT2D eigenvalue weighted by Gasteiger charge is 2.43. The van der Waals surface area contributed by atoms with E-state index in [2.05, 4.69) is 52.3 Å². The molecule has 0 saturated heterocycles. The monoisotopic (exact) mass is 275 g/mol. The summed E-state index contributed by atoms with van der Waals surface area (Å²) in [6, 6.07) is 12.9. The first-order chi connectivity index (χ1) is 7.77. The third kappa shape index (κ3) is 1.40. The normalized spacial score (nSPS) is 17.6. The van der Waals surface area contributed by atoms with Crippen LogP contribution in [-0.4, -0.2) is 6.54 Å². The van der Waals surface area contributed by atoms with Crippen LogP contribution in [0.2, 0.25) is 0 Å². The Hall–Kier alpha value is -0.860. The molecule has 0 atom stereocenters. The van der Waals surface area contributed by atoms with Gasteiger partial charge in [0.15, 0.2) is 0 Å². The SMILES string of the molecule is NCC1(c2cccc3cccc(Br)c23)CC1. The van der Waals surface area contributed by atoms with E-state index in [0.717, 1.165) is 6.54 Å². The zero-order valence-electron chi connectivity index (χ0n) is 9.04. The molecule has 2 aromatic rings. The van der Waals surface area contributed by atoms with E-state index >= 15 is 0 Å². The molecule has 0 aliphatic heterocycles. The molecule has 0 aromatic heterocycles. The number of nitrogens with two attached hydrogens (primary N) is 1. The molecule has 16 heavy (non-hydrogen) atoms. The second kappa shape index (κ2) is 3.57. The van der Waals surface area contributed by atoms with Gasteiger partial charge >= 0.3 is 0 Å². The Kier molecular flexibility index (Phi) is 2.30. The zero-order chi connectivity index (χ0) is 11.2. The first-order valence-electron chi connectivity index (χ1n) is 5.65. The van der Waals surface area contributed by atoms with Gasteiger partial charge in [-0.05, 0) is 35.2 Å². The van der Waals surface area contributed by atoms with Crippen LogP contribution in [0.5, 0.6) is 0 Å². The summed E-state index contributed by atoms with van der Waals surface area (Å²) in [4.78, 5) is 0. The maximum atomic E-state index is 5.93. The molecule has 0 unspecified atom stereocenters. The van der Waals surface area contributed by atoms with Crippen LogP contribution >= 0.6 is 15.9 Å². The van der Waals surface area contributed by atoms with E-state index < -0.39 is 0 Å². The largest absolute Gasteiger partial charge is 0.330 e. The lowest BCUT2D eigenvalue weighted by atomic mass is 9.91. The van der Waals surface area contributed by atoms with Gasteiger partial charge in [-0.25, -0.2) is 0 Å². The summed E-state index contributed by atoms with van der Waals surface area (Å²) >= 11 is 3.66. The van der Waals surface area contributed by atoms with Gasteiger partial charge in [-0.2, -0.15) is 0 Å². The lowest BCUT2D eigenvalue weighted by Crippen LogP contribution is -2.20. The fraction of sp³-hybridized carbons (Fsp3) is 0.286. The van der Waals surface area contributed by atoms with Crippen LogP contribution < -0.4 is 5.73 Å². The number of hydrogen-bond donors (Lipinski definition) is 1. The van der Waals surface area contributed by atoms with Gasteiger partial charge in [0, 0.05) is 16.4 Å². The van der Waals surface area contributed by atoms with Crippen molar-refractivity contribution in [2.45, 2.75) is 18.3 Å². The van der Waals surface area contributed by atoms with Gasteiger partial charge in [0.25, 0.3) is 0 Å². The second-order valence-corrected chi connectivity index (χ2v) is 5.48. The van der Waals surface area contributed by atoms with Gasteiger partial charge in [-0.3, -0.25) is 0 Å². The zero-order valence-corrected chi connectivity index (χ0v) is 10.6. The molecule has 1 fully saturated rings. The number of hydrogen-bond acceptors (Lipinski definition) is 1. The summed E-state index contributed by atoms with van der Waals surface area (Å²) in [7, 11) is 0. The quantitative estimate of drug-likeness (QED) is 0.891. The fourth-order valence-electron chi connectivity index (χ4n) is 2.47. The first kappa shape index (κ1) is 10.3. The number of halogens is 1. The van der Waals surface area contributed by atoms with E-state index in [9.17, 15) is 0 Å². The Morgan fingerprint density at radius 2 is 1.81 bits per heavy atom. The van der Waals surface area contributed by atoms with Gasteiger partial charge in [0.05, 0.1) is 0 Å². The molecule has 0 radical (unpaired) electrons. The minimum absolute atomic E-state index is 0.253. The molecule has 2 heteroatoms. The van der Waals surface area contributed by atoms with Crippen LogP contribution in [0.3, 0.4) is 0 Å². The molecule has 1 nitrogen and oxygen atoms in total. The van der Waals surface area contributed by atoms with Crippen LogP contribution in [-0.2, 0) is 5.41 Å². The summed E-state index contributed by atoms with van der Waals surface area (Å²) < 4.78 is 1.18. The standard InChI is InChI=1S/C14H14BrN/c15-12-6-2-4-10-3-1-5-11(13(10)12)14(9-16)7-8-14/h1-6H,7-9,16H2. The summed E-state index contributed by atoms with van der Waals surface area (Å²) in [6.45, 7) is 0.757. The van der Waals surface area contributed by atoms with Crippen molar-refractivity contribution in [1.82, 2.24) is 0 Å². The Morgan fingerprint density at radius 3 is 2.44 bits per heavy atom. The van der Waals surface area contributed by atoms with Crippen molar-refractivity contribution < 1.29 is 0 Å². The minimum atomic E-state index is 0.253. The van der Waals surface area contributed by atoms with Gasteiger partial charge in [-0.15, -0.1) is 0 Å². The summed E-state index contributed by atoms with van der Waals surface area (Å²) in [5.74, 6) is 0. The van der Waals surface area contributed by atoms with Crippen LogP contribution in [0, 0.1) is 0 Å². The van der Waals surface area contributed by atoms with Crippen molar-refractivity contribution in [1.29, 1.82) is 0 Å². The average Bonchev–Trinajstić information content (AvgIpc) is 3.10. The topological polar surface area (TPSA) is 26.0 Å². The molecule has 1 aliphatic rings. The Morgan fingerprint density at radius 1 is 1.12 bits per heavy atom. The molecule has 0 amide bonds. The average molecular weight is 276 g/mol. The Labute approximate surface area is 104 Å². The van der Waals surface area contributed by atoms with E-state index in [1.807, 2.05) is 0 Å². The maximum Gasteiger partial charge on any atom is 0.0256 e. The molecule has 1 aliphatic carbocycles. The van der Waals surface area contributed by atoms with Crippen molar-refractivity contribution >= 4 is 26.7 Å². The predicted molar refractivity (Wildman–Crippen MR) is 71.6 cm³/mol. The minimum Gasteiger partial charge on any atom is -0.330 e.